The highest BCUT2D eigenvalue weighted by Crippen LogP contribution is 2.30. The average Bonchev–Trinajstić information content (AvgIpc) is 2.70. The van der Waals surface area contributed by atoms with Gasteiger partial charge in [-0.05, 0) is 66.9 Å². The molecule has 0 saturated carbocycles. The quantitative estimate of drug-likeness (QED) is 0.613. The molecule has 3 aromatic rings. The SMILES string of the molecule is Cc1ccc(NC(=O)c2ccc([C@H]3Nc4ccccc4S(=O)(=O)N3)cc2)cc1C. The molecule has 0 bridgehead atoms. The van der Waals surface area contributed by atoms with Gasteiger partial charge in [0.1, 0.15) is 11.1 Å². The van der Waals surface area contributed by atoms with Crippen LogP contribution in [0.5, 0.6) is 0 Å². The molecule has 0 aromatic heterocycles. The summed E-state index contributed by atoms with van der Waals surface area (Å²) in [4.78, 5) is 12.7. The van der Waals surface area contributed by atoms with Crippen molar-refractivity contribution in [2.24, 2.45) is 0 Å². The third-order valence-electron chi connectivity index (χ3n) is 5.02. The zero-order valence-corrected chi connectivity index (χ0v) is 16.9. The summed E-state index contributed by atoms with van der Waals surface area (Å²) in [5, 5.41) is 6.06. The number of hydrogen-bond acceptors (Lipinski definition) is 4. The Kier molecular flexibility index (Phi) is 4.86. The fourth-order valence-electron chi connectivity index (χ4n) is 3.22. The smallest absolute Gasteiger partial charge is 0.255 e. The molecule has 0 unspecified atom stereocenters. The lowest BCUT2D eigenvalue weighted by Crippen LogP contribution is -2.38. The number of rotatable bonds is 3. The summed E-state index contributed by atoms with van der Waals surface area (Å²) in [5.41, 5.74) is 4.76. The van der Waals surface area contributed by atoms with E-state index in [0.29, 0.717) is 16.8 Å². The van der Waals surface area contributed by atoms with E-state index in [-0.39, 0.29) is 10.8 Å². The Hall–Kier alpha value is -3.16. The lowest BCUT2D eigenvalue weighted by Gasteiger charge is -2.28. The molecular weight excluding hydrogens is 386 g/mol. The number of para-hydroxylation sites is 1. The third-order valence-corrected chi connectivity index (χ3v) is 6.50. The van der Waals surface area contributed by atoms with Crippen molar-refractivity contribution in [3.63, 3.8) is 0 Å². The monoisotopic (exact) mass is 407 g/mol. The van der Waals surface area contributed by atoms with Crippen molar-refractivity contribution < 1.29 is 13.2 Å². The van der Waals surface area contributed by atoms with Crippen molar-refractivity contribution in [2.75, 3.05) is 10.6 Å². The molecule has 148 valence electrons. The number of carbonyl (C=O) groups excluding carboxylic acids is 1. The van der Waals surface area contributed by atoms with Gasteiger partial charge >= 0.3 is 0 Å². The molecule has 0 spiro atoms. The Bertz CT molecular complexity index is 1190. The summed E-state index contributed by atoms with van der Waals surface area (Å²) in [6.45, 7) is 4.02. The standard InChI is InChI=1S/C22H21N3O3S/c1-14-7-12-18(13-15(14)2)23-22(26)17-10-8-16(9-11-17)21-24-19-5-3-4-6-20(19)29(27,28)25-21/h3-13,21,24-25H,1-2H3,(H,23,26)/t21-/m0/s1. The molecule has 0 aliphatic carbocycles. The highest BCUT2D eigenvalue weighted by molar-refractivity contribution is 7.89. The number of anilines is 2. The molecule has 0 saturated heterocycles. The van der Waals surface area contributed by atoms with E-state index in [1.54, 1.807) is 48.5 Å². The molecule has 3 N–H and O–H groups in total. The maximum Gasteiger partial charge on any atom is 0.255 e. The minimum Gasteiger partial charge on any atom is -0.364 e. The van der Waals surface area contributed by atoms with Crippen molar-refractivity contribution in [3.8, 4) is 0 Å². The number of hydrogen-bond donors (Lipinski definition) is 3. The largest absolute Gasteiger partial charge is 0.364 e. The first-order valence-electron chi connectivity index (χ1n) is 9.20. The fourth-order valence-corrected chi connectivity index (χ4v) is 4.53. The number of carbonyl (C=O) groups is 1. The van der Waals surface area contributed by atoms with E-state index in [4.69, 9.17) is 0 Å². The first-order valence-corrected chi connectivity index (χ1v) is 10.7. The lowest BCUT2D eigenvalue weighted by atomic mass is 10.1. The van der Waals surface area contributed by atoms with Crippen LogP contribution in [-0.2, 0) is 10.0 Å². The van der Waals surface area contributed by atoms with Gasteiger partial charge in [0.25, 0.3) is 5.91 Å². The predicted molar refractivity (Wildman–Crippen MR) is 113 cm³/mol. The summed E-state index contributed by atoms with van der Waals surface area (Å²) in [7, 11) is -3.61. The number of aryl methyl sites for hydroxylation is 2. The van der Waals surface area contributed by atoms with Crippen molar-refractivity contribution >= 4 is 27.3 Å². The zero-order valence-electron chi connectivity index (χ0n) is 16.1. The summed E-state index contributed by atoms with van der Waals surface area (Å²) < 4.78 is 27.6. The Morgan fingerprint density at radius 2 is 1.66 bits per heavy atom. The summed E-state index contributed by atoms with van der Waals surface area (Å²) in [6, 6.07) is 19.4. The molecule has 1 aliphatic heterocycles. The first kappa shape index (κ1) is 19.2. The van der Waals surface area contributed by atoms with E-state index >= 15 is 0 Å². The Morgan fingerprint density at radius 3 is 2.38 bits per heavy atom. The van der Waals surface area contributed by atoms with Crippen molar-refractivity contribution in [1.29, 1.82) is 0 Å². The second kappa shape index (κ2) is 7.35. The second-order valence-corrected chi connectivity index (χ2v) is 8.75. The molecule has 6 nitrogen and oxygen atoms in total. The van der Waals surface area contributed by atoms with E-state index in [1.807, 2.05) is 32.0 Å². The third kappa shape index (κ3) is 3.87. The molecule has 0 fully saturated rings. The van der Waals surface area contributed by atoms with Crippen LogP contribution in [0.25, 0.3) is 0 Å². The van der Waals surface area contributed by atoms with Gasteiger partial charge in [-0.15, -0.1) is 0 Å². The van der Waals surface area contributed by atoms with E-state index in [0.717, 1.165) is 16.8 Å². The topological polar surface area (TPSA) is 87.3 Å². The molecule has 1 atom stereocenters. The molecule has 1 aliphatic rings. The summed E-state index contributed by atoms with van der Waals surface area (Å²) in [6.07, 6.45) is -0.605. The van der Waals surface area contributed by atoms with Crippen LogP contribution in [0, 0.1) is 13.8 Å². The van der Waals surface area contributed by atoms with E-state index in [2.05, 4.69) is 15.4 Å². The molecule has 29 heavy (non-hydrogen) atoms. The second-order valence-electron chi connectivity index (χ2n) is 7.07. The maximum atomic E-state index is 12.5. The van der Waals surface area contributed by atoms with Gasteiger partial charge in [0.15, 0.2) is 0 Å². The van der Waals surface area contributed by atoms with Gasteiger partial charge in [0, 0.05) is 11.3 Å². The van der Waals surface area contributed by atoms with E-state index in [1.165, 1.54) is 0 Å². The molecular formula is C22H21N3O3S. The lowest BCUT2D eigenvalue weighted by molar-refractivity contribution is 0.102. The van der Waals surface area contributed by atoms with Gasteiger partial charge < -0.3 is 10.6 Å². The Morgan fingerprint density at radius 1 is 0.931 bits per heavy atom. The van der Waals surface area contributed by atoms with Crippen molar-refractivity contribution in [1.82, 2.24) is 4.72 Å². The first-order chi connectivity index (χ1) is 13.8. The van der Waals surface area contributed by atoms with Crippen LogP contribution in [0.3, 0.4) is 0 Å². The molecule has 0 radical (unpaired) electrons. The van der Waals surface area contributed by atoms with Crippen molar-refractivity contribution in [3.05, 3.63) is 89.0 Å². The van der Waals surface area contributed by atoms with E-state index < -0.39 is 16.2 Å². The van der Waals surface area contributed by atoms with Gasteiger partial charge in [0.05, 0.1) is 5.69 Å². The molecule has 1 amide bonds. The molecule has 3 aromatic carbocycles. The minimum absolute atomic E-state index is 0.220. The Labute approximate surface area is 170 Å². The summed E-state index contributed by atoms with van der Waals surface area (Å²) in [5.74, 6) is -0.220. The number of amides is 1. The number of fused-ring (bicyclic) bond motifs is 1. The van der Waals surface area contributed by atoms with Crippen molar-refractivity contribution in [2.45, 2.75) is 24.9 Å². The number of nitrogens with one attached hydrogen (secondary N) is 3. The van der Waals surface area contributed by atoms with Crippen LogP contribution >= 0.6 is 0 Å². The van der Waals surface area contributed by atoms with E-state index in [9.17, 15) is 13.2 Å². The van der Waals surface area contributed by atoms with Gasteiger partial charge in [-0.1, -0.05) is 30.3 Å². The van der Waals surface area contributed by atoms with Crippen LogP contribution in [0.2, 0.25) is 0 Å². The summed E-state index contributed by atoms with van der Waals surface area (Å²) >= 11 is 0. The number of sulfonamides is 1. The predicted octanol–water partition coefficient (Wildman–Crippen LogP) is 3.96. The average molecular weight is 407 g/mol. The normalized spacial score (nSPS) is 17.1. The van der Waals surface area contributed by atoms with Crippen LogP contribution < -0.4 is 15.4 Å². The van der Waals surface area contributed by atoms with Crippen LogP contribution in [0.4, 0.5) is 11.4 Å². The fraction of sp³-hybridized carbons (Fsp3) is 0.136. The van der Waals surface area contributed by atoms with Gasteiger partial charge in [0.2, 0.25) is 10.0 Å². The highest BCUT2D eigenvalue weighted by atomic mass is 32.2. The highest BCUT2D eigenvalue weighted by Gasteiger charge is 2.29. The minimum atomic E-state index is -3.61. The zero-order chi connectivity index (χ0) is 20.6. The van der Waals surface area contributed by atoms with Gasteiger partial charge in [-0.3, -0.25) is 4.79 Å². The van der Waals surface area contributed by atoms with Gasteiger partial charge in [-0.2, -0.15) is 4.72 Å². The molecule has 1 heterocycles. The Balaban J connectivity index is 1.52. The molecule has 4 rings (SSSR count). The van der Waals surface area contributed by atoms with Crippen LogP contribution in [0.1, 0.15) is 33.2 Å². The van der Waals surface area contributed by atoms with Crippen LogP contribution in [-0.4, -0.2) is 14.3 Å². The van der Waals surface area contributed by atoms with Crippen LogP contribution in [0.15, 0.2) is 71.6 Å². The van der Waals surface area contributed by atoms with Gasteiger partial charge in [-0.25, -0.2) is 8.42 Å². The molecule has 7 heteroatoms. The maximum absolute atomic E-state index is 12.5. The number of benzene rings is 3.